The minimum Gasteiger partial charge on any atom is -0.339 e. The van der Waals surface area contributed by atoms with Gasteiger partial charge in [-0.25, -0.2) is 8.42 Å². The highest BCUT2D eigenvalue weighted by molar-refractivity contribution is 7.98. The van der Waals surface area contributed by atoms with Gasteiger partial charge in [-0.15, -0.1) is 11.8 Å². The molecule has 1 amide bonds. The summed E-state index contributed by atoms with van der Waals surface area (Å²) in [7, 11) is -3.91. The van der Waals surface area contributed by atoms with E-state index in [0.29, 0.717) is 28.7 Å². The van der Waals surface area contributed by atoms with Gasteiger partial charge in [0.2, 0.25) is 0 Å². The molecule has 3 rings (SSSR count). The summed E-state index contributed by atoms with van der Waals surface area (Å²) >= 11 is 13.3. The Morgan fingerprint density at radius 2 is 1.68 bits per heavy atom. The molecule has 1 saturated heterocycles. The first-order valence-corrected chi connectivity index (χ1v) is 12.2. The molecule has 1 fully saturated rings. The van der Waals surface area contributed by atoms with Crippen LogP contribution in [0.1, 0.15) is 29.6 Å². The van der Waals surface area contributed by atoms with Crippen molar-refractivity contribution in [3.8, 4) is 0 Å². The van der Waals surface area contributed by atoms with Crippen LogP contribution in [0, 0.1) is 0 Å². The number of nitrogens with zero attached hydrogens (tertiary/aromatic N) is 1. The Hall–Kier alpha value is -1.41. The highest BCUT2D eigenvalue weighted by Crippen LogP contribution is 2.28. The molecule has 5 nitrogen and oxygen atoms in total. The van der Waals surface area contributed by atoms with E-state index in [1.807, 2.05) is 6.26 Å². The van der Waals surface area contributed by atoms with Crippen LogP contribution in [0.15, 0.2) is 46.2 Å². The Bertz CT molecular complexity index is 970. The molecular weight excluding hydrogens is 439 g/mol. The summed E-state index contributed by atoms with van der Waals surface area (Å²) in [5.41, 5.74) is 0.664. The number of nitrogens with one attached hydrogen (secondary N) is 1. The normalized spacial score (nSPS) is 14.8. The van der Waals surface area contributed by atoms with E-state index in [9.17, 15) is 13.2 Å². The van der Waals surface area contributed by atoms with Gasteiger partial charge in [0.15, 0.2) is 0 Å². The van der Waals surface area contributed by atoms with Gasteiger partial charge < -0.3 is 4.90 Å². The predicted octanol–water partition coefficient (Wildman–Crippen LogP) is 5.14. The van der Waals surface area contributed by atoms with E-state index < -0.39 is 10.0 Å². The summed E-state index contributed by atoms with van der Waals surface area (Å²) < 4.78 is 28.2. The van der Waals surface area contributed by atoms with Crippen molar-refractivity contribution in [3.63, 3.8) is 0 Å². The van der Waals surface area contributed by atoms with E-state index in [-0.39, 0.29) is 16.5 Å². The number of sulfonamides is 1. The first kappa shape index (κ1) is 21.3. The average molecular weight is 459 g/mol. The zero-order chi connectivity index (χ0) is 20.3. The SMILES string of the molecule is CSc1ccc(S(=O)(=O)Nc2cc(Cl)cc(Cl)c2)cc1C(=O)N1CCCCC1. The molecule has 1 heterocycles. The lowest BCUT2D eigenvalue weighted by atomic mass is 10.1. The molecule has 0 unspecified atom stereocenters. The number of piperidine rings is 1. The molecule has 0 atom stereocenters. The maximum atomic E-state index is 13.0. The summed E-state index contributed by atoms with van der Waals surface area (Å²) in [5.74, 6) is -0.132. The summed E-state index contributed by atoms with van der Waals surface area (Å²) in [6, 6.07) is 9.07. The molecule has 0 spiro atoms. The fourth-order valence-electron chi connectivity index (χ4n) is 3.12. The van der Waals surface area contributed by atoms with Crippen molar-refractivity contribution in [3.05, 3.63) is 52.0 Å². The summed E-state index contributed by atoms with van der Waals surface area (Å²) in [5, 5.41) is 0.646. The number of carbonyl (C=O) groups excluding carboxylic acids is 1. The zero-order valence-electron chi connectivity index (χ0n) is 15.2. The highest BCUT2D eigenvalue weighted by atomic mass is 35.5. The molecule has 28 heavy (non-hydrogen) atoms. The standard InChI is InChI=1S/C19H20Cl2N2O3S2/c1-27-18-6-5-16(12-17(18)19(24)23-7-3-2-4-8-23)28(25,26)22-15-10-13(20)9-14(21)11-15/h5-6,9-12,22H,2-4,7-8H2,1H3. The van der Waals surface area contributed by atoms with E-state index in [4.69, 9.17) is 23.2 Å². The maximum Gasteiger partial charge on any atom is 0.261 e. The van der Waals surface area contributed by atoms with E-state index in [1.165, 1.54) is 42.1 Å². The van der Waals surface area contributed by atoms with Crippen molar-refractivity contribution in [2.75, 3.05) is 24.1 Å². The molecule has 0 saturated carbocycles. The fourth-order valence-corrected chi connectivity index (χ4v) is 5.28. The van der Waals surface area contributed by atoms with Crippen LogP contribution in [0.5, 0.6) is 0 Å². The Balaban J connectivity index is 1.93. The maximum absolute atomic E-state index is 13.0. The van der Waals surface area contributed by atoms with Gasteiger partial charge in [-0.2, -0.15) is 0 Å². The van der Waals surface area contributed by atoms with Crippen LogP contribution >= 0.6 is 35.0 Å². The molecule has 1 aliphatic rings. The number of halogens is 2. The van der Waals surface area contributed by atoms with Gasteiger partial charge in [-0.1, -0.05) is 23.2 Å². The molecule has 0 aromatic heterocycles. The topological polar surface area (TPSA) is 66.5 Å². The number of hydrogen-bond donors (Lipinski definition) is 1. The second kappa shape index (κ2) is 8.95. The van der Waals surface area contributed by atoms with Crippen molar-refractivity contribution < 1.29 is 13.2 Å². The number of benzene rings is 2. The Kier molecular flexibility index (Phi) is 6.81. The molecule has 1 aliphatic heterocycles. The van der Waals surface area contributed by atoms with E-state index in [0.717, 1.165) is 24.2 Å². The van der Waals surface area contributed by atoms with Crippen molar-refractivity contribution in [2.24, 2.45) is 0 Å². The number of hydrogen-bond acceptors (Lipinski definition) is 4. The third-order valence-electron chi connectivity index (χ3n) is 4.47. The second-order valence-electron chi connectivity index (χ2n) is 6.48. The van der Waals surface area contributed by atoms with Gasteiger partial charge >= 0.3 is 0 Å². The van der Waals surface area contributed by atoms with Crippen LogP contribution in [-0.2, 0) is 10.0 Å². The van der Waals surface area contributed by atoms with Crippen molar-refractivity contribution in [1.82, 2.24) is 4.90 Å². The molecule has 1 N–H and O–H groups in total. The zero-order valence-corrected chi connectivity index (χ0v) is 18.4. The molecule has 150 valence electrons. The number of rotatable bonds is 5. The Labute approximate surface area is 179 Å². The van der Waals surface area contributed by atoms with Crippen LogP contribution in [0.25, 0.3) is 0 Å². The summed E-state index contributed by atoms with van der Waals surface area (Å²) in [6.07, 6.45) is 4.91. The van der Waals surface area contributed by atoms with Gasteiger partial charge in [-0.3, -0.25) is 9.52 Å². The van der Waals surface area contributed by atoms with Crippen LogP contribution < -0.4 is 4.72 Å². The average Bonchev–Trinajstić information content (AvgIpc) is 2.66. The Morgan fingerprint density at radius 3 is 2.29 bits per heavy atom. The monoisotopic (exact) mass is 458 g/mol. The minimum absolute atomic E-state index is 0.0155. The summed E-state index contributed by atoms with van der Waals surface area (Å²) in [6.45, 7) is 1.39. The lowest BCUT2D eigenvalue weighted by molar-refractivity contribution is 0.0720. The molecular formula is C19H20Cl2N2O3S2. The molecule has 0 bridgehead atoms. The van der Waals surface area contributed by atoms with Gasteiger partial charge in [-0.05, 0) is 61.9 Å². The number of thioether (sulfide) groups is 1. The van der Waals surface area contributed by atoms with E-state index in [1.54, 1.807) is 11.0 Å². The number of carbonyl (C=O) groups is 1. The van der Waals surface area contributed by atoms with E-state index >= 15 is 0 Å². The van der Waals surface area contributed by atoms with Crippen molar-refractivity contribution >= 4 is 56.6 Å². The van der Waals surface area contributed by atoms with Gasteiger partial charge in [0.25, 0.3) is 15.9 Å². The third kappa shape index (κ3) is 4.95. The fraction of sp³-hybridized carbons (Fsp3) is 0.316. The van der Waals surface area contributed by atoms with Crippen molar-refractivity contribution in [2.45, 2.75) is 29.1 Å². The van der Waals surface area contributed by atoms with Crippen LogP contribution in [-0.4, -0.2) is 38.6 Å². The third-order valence-corrected chi connectivity index (χ3v) is 7.08. The van der Waals surface area contributed by atoms with Gasteiger partial charge in [0.05, 0.1) is 16.1 Å². The first-order chi connectivity index (χ1) is 13.3. The highest BCUT2D eigenvalue weighted by Gasteiger charge is 2.24. The quantitative estimate of drug-likeness (QED) is 0.629. The molecule has 2 aromatic carbocycles. The molecule has 0 radical (unpaired) electrons. The number of likely N-dealkylation sites (tertiary alicyclic amines) is 1. The van der Waals surface area contributed by atoms with Crippen molar-refractivity contribution in [1.29, 1.82) is 0 Å². The van der Waals surface area contributed by atoms with Crippen LogP contribution in [0.4, 0.5) is 5.69 Å². The van der Waals surface area contributed by atoms with Gasteiger partial charge in [0.1, 0.15) is 0 Å². The molecule has 2 aromatic rings. The lowest BCUT2D eigenvalue weighted by Crippen LogP contribution is -2.36. The largest absolute Gasteiger partial charge is 0.339 e. The minimum atomic E-state index is -3.91. The smallest absolute Gasteiger partial charge is 0.261 e. The van der Waals surface area contributed by atoms with Gasteiger partial charge in [0, 0.05) is 28.0 Å². The molecule has 0 aliphatic carbocycles. The lowest BCUT2D eigenvalue weighted by Gasteiger charge is -2.27. The number of anilines is 1. The summed E-state index contributed by atoms with van der Waals surface area (Å²) in [4.78, 5) is 15.5. The second-order valence-corrected chi connectivity index (χ2v) is 9.88. The molecule has 9 heteroatoms. The van der Waals surface area contributed by atoms with E-state index in [2.05, 4.69) is 4.72 Å². The predicted molar refractivity (Wildman–Crippen MR) is 115 cm³/mol. The number of amides is 1. The van der Waals surface area contributed by atoms with Crippen LogP contribution in [0.2, 0.25) is 10.0 Å². The van der Waals surface area contributed by atoms with Crippen LogP contribution in [0.3, 0.4) is 0 Å². The first-order valence-electron chi connectivity index (χ1n) is 8.76. The Morgan fingerprint density at radius 1 is 1.04 bits per heavy atom.